The lowest BCUT2D eigenvalue weighted by Gasteiger charge is -2.46. The lowest BCUT2D eigenvalue weighted by molar-refractivity contribution is -0.316. The zero-order valence-corrected chi connectivity index (χ0v) is 12.9. The van der Waals surface area contributed by atoms with Crippen molar-refractivity contribution in [2.24, 2.45) is 10.8 Å². The molecule has 2 unspecified atom stereocenters. The second kappa shape index (κ2) is 5.14. The quantitative estimate of drug-likeness (QED) is 0.394. The van der Waals surface area contributed by atoms with E-state index < -0.39 is 46.2 Å². The van der Waals surface area contributed by atoms with Crippen molar-refractivity contribution in [2.45, 2.75) is 51.9 Å². The van der Waals surface area contributed by atoms with Crippen LogP contribution in [0.25, 0.3) is 0 Å². The molecule has 0 bridgehead atoms. The van der Waals surface area contributed by atoms with Gasteiger partial charge in [-0.15, -0.1) is 0 Å². The fraction of sp³-hybridized carbons (Fsp3) is 0.714. The molecule has 1 rings (SSSR count). The van der Waals surface area contributed by atoms with Crippen LogP contribution in [0.2, 0.25) is 0 Å². The second-order valence-corrected chi connectivity index (χ2v) is 6.20. The van der Waals surface area contributed by atoms with Crippen molar-refractivity contribution in [2.75, 3.05) is 0 Å². The fourth-order valence-corrected chi connectivity index (χ4v) is 2.66. The third-order valence-electron chi connectivity index (χ3n) is 4.67. The van der Waals surface area contributed by atoms with Gasteiger partial charge in [-0.3, -0.25) is 0 Å². The van der Waals surface area contributed by atoms with Crippen molar-refractivity contribution < 1.29 is 43.9 Å². The van der Waals surface area contributed by atoms with Gasteiger partial charge >= 0.3 is 24.2 Å². The van der Waals surface area contributed by atoms with Crippen LogP contribution < -0.4 is 0 Å². The van der Waals surface area contributed by atoms with Gasteiger partial charge in [-0.2, -0.15) is 43.9 Å². The first-order valence-corrected chi connectivity index (χ1v) is 6.54. The maximum absolute atomic E-state index is 13.8. The number of allylic oxidation sites excluding steroid dienone is 4. The Morgan fingerprint density at radius 1 is 0.583 bits per heavy atom. The number of halogens is 10. The number of hydrogen-bond donors (Lipinski definition) is 0. The normalized spacial score (nSPS) is 30.1. The number of alkyl halides is 10. The van der Waals surface area contributed by atoms with Crippen molar-refractivity contribution in [3.63, 3.8) is 0 Å². The van der Waals surface area contributed by atoms with Crippen LogP contribution in [-0.2, 0) is 0 Å². The molecule has 0 heterocycles. The highest BCUT2D eigenvalue weighted by molar-refractivity contribution is 5.40. The summed E-state index contributed by atoms with van der Waals surface area (Å²) in [6.45, 7) is 2.24. The van der Waals surface area contributed by atoms with Gasteiger partial charge in [0.1, 0.15) is 0 Å². The molecule has 0 aromatic heterocycles. The summed E-state index contributed by atoms with van der Waals surface area (Å²) in [6, 6.07) is 0. The van der Waals surface area contributed by atoms with E-state index in [0.29, 0.717) is 27.7 Å². The average molecular weight is 372 g/mol. The summed E-state index contributed by atoms with van der Waals surface area (Å²) in [7, 11) is 0. The van der Waals surface area contributed by atoms with Gasteiger partial charge in [0.25, 0.3) is 0 Å². The van der Waals surface area contributed by atoms with Crippen molar-refractivity contribution in [3.05, 3.63) is 23.3 Å². The fourth-order valence-electron chi connectivity index (χ4n) is 2.66. The Morgan fingerprint density at radius 2 is 0.792 bits per heavy atom. The van der Waals surface area contributed by atoms with Crippen LogP contribution in [-0.4, -0.2) is 24.2 Å². The Labute approximate surface area is 131 Å². The first-order valence-electron chi connectivity index (χ1n) is 6.54. The molecule has 10 heteroatoms. The summed E-state index contributed by atoms with van der Waals surface area (Å²) in [5.74, 6) is -10.7. The van der Waals surface area contributed by atoms with Gasteiger partial charge in [-0.25, -0.2) is 0 Å². The van der Waals surface area contributed by atoms with Crippen LogP contribution in [0.3, 0.4) is 0 Å². The summed E-state index contributed by atoms with van der Waals surface area (Å²) in [5.41, 5.74) is -8.00. The molecule has 0 radical (unpaired) electrons. The highest BCUT2D eigenvalue weighted by atomic mass is 19.4. The maximum atomic E-state index is 13.8. The maximum Gasteiger partial charge on any atom is 0.454 e. The molecule has 0 aromatic carbocycles. The van der Waals surface area contributed by atoms with Gasteiger partial charge in [0, 0.05) is 0 Å². The van der Waals surface area contributed by atoms with Crippen LogP contribution in [0.5, 0.6) is 0 Å². The molecule has 0 saturated heterocycles. The molecule has 0 saturated carbocycles. The molecule has 0 aromatic rings. The molecule has 1 aliphatic carbocycles. The lowest BCUT2D eigenvalue weighted by atomic mass is 9.63. The predicted molar refractivity (Wildman–Crippen MR) is 65.7 cm³/mol. The van der Waals surface area contributed by atoms with E-state index in [2.05, 4.69) is 0 Å². The largest absolute Gasteiger partial charge is 0.454 e. The molecule has 0 N–H and O–H groups in total. The molecule has 140 valence electrons. The van der Waals surface area contributed by atoms with Crippen LogP contribution >= 0.6 is 0 Å². The van der Waals surface area contributed by atoms with Crippen LogP contribution in [0.4, 0.5) is 43.9 Å². The van der Waals surface area contributed by atoms with E-state index in [1.807, 2.05) is 0 Å². The first-order chi connectivity index (χ1) is 10.3. The smallest absolute Gasteiger partial charge is 0.195 e. The van der Waals surface area contributed by atoms with Crippen molar-refractivity contribution in [1.29, 1.82) is 0 Å². The van der Waals surface area contributed by atoms with Crippen molar-refractivity contribution in [1.82, 2.24) is 0 Å². The highest BCUT2D eigenvalue weighted by Crippen LogP contribution is 2.61. The molecule has 0 fully saturated rings. The third-order valence-corrected chi connectivity index (χ3v) is 4.67. The van der Waals surface area contributed by atoms with Gasteiger partial charge in [-0.1, -0.05) is 23.3 Å². The number of hydrogen-bond acceptors (Lipinski definition) is 0. The van der Waals surface area contributed by atoms with Crippen molar-refractivity contribution in [3.8, 4) is 0 Å². The monoisotopic (exact) mass is 372 g/mol. The lowest BCUT2D eigenvalue weighted by Crippen LogP contribution is -2.55. The molecule has 0 nitrogen and oxygen atoms in total. The topological polar surface area (TPSA) is 0 Å². The van der Waals surface area contributed by atoms with Crippen LogP contribution in [0, 0.1) is 10.8 Å². The Morgan fingerprint density at radius 3 is 0.958 bits per heavy atom. The van der Waals surface area contributed by atoms with Crippen LogP contribution in [0.1, 0.15) is 27.7 Å². The summed E-state index contributed by atoms with van der Waals surface area (Å²) in [4.78, 5) is 0. The van der Waals surface area contributed by atoms with Gasteiger partial charge < -0.3 is 0 Å². The molecule has 2 atom stereocenters. The van der Waals surface area contributed by atoms with E-state index in [4.69, 9.17) is 0 Å². The molecule has 0 aliphatic heterocycles. The minimum Gasteiger partial charge on any atom is -0.195 e. The predicted octanol–water partition coefficient (Wildman–Crippen LogP) is 6.30. The second-order valence-electron chi connectivity index (χ2n) is 6.20. The Balaban J connectivity index is 3.61. The molecule has 1 aliphatic rings. The Kier molecular flexibility index (Phi) is 4.46. The van der Waals surface area contributed by atoms with E-state index in [9.17, 15) is 43.9 Å². The van der Waals surface area contributed by atoms with E-state index in [-0.39, 0.29) is 12.2 Å². The molecule has 0 spiro atoms. The van der Waals surface area contributed by atoms with E-state index >= 15 is 0 Å². The van der Waals surface area contributed by atoms with Gasteiger partial charge in [0.15, 0.2) is 0 Å². The van der Waals surface area contributed by atoms with Gasteiger partial charge in [0.05, 0.1) is 10.8 Å². The summed E-state index contributed by atoms with van der Waals surface area (Å²) < 4.78 is 131. The van der Waals surface area contributed by atoms with Crippen molar-refractivity contribution >= 4 is 0 Å². The SMILES string of the molecule is CC1=CC(C)(C(F)(F)C(F)(F)F)C(C)=CC1(C)C(F)(F)C(F)(F)F. The summed E-state index contributed by atoms with van der Waals surface area (Å²) in [6.07, 6.45) is -11.7. The molecular weight excluding hydrogens is 358 g/mol. The Hall–Kier alpha value is -1.22. The van der Waals surface area contributed by atoms with E-state index in [1.54, 1.807) is 0 Å². The van der Waals surface area contributed by atoms with Gasteiger partial charge in [0.2, 0.25) is 0 Å². The first kappa shape index (κ1) is 20.8. The Bertz CT molecular complexity index is 525. The molecule has 24 heavy (non-hydrogen) atoms. The standard InChI is InChI=1S/C14H14F10/c1-7-5-10(4,12(17,18)14(22,23)24)8(2)6-9(7,3)11(15,16)13(19,20)21/h5-6H,1-4H3. The third kappa shape index (κ3) is 2.52. The van der Waals surface area contributed by atoms with Crippen LogP contribution in [0.15, 0.2) is 23.3 Å². The zero-order chi connectivity index (χ0) is 19.6. The van der Waals surface area contributed by atoms with E-state index in [1.165, 1.54) is 0 Å². The summed E-state index contributed by atoms with van der Waals surface area (Å²) >= 11 is 0. The number of rotatable bonds is 2. The minimum absolute atomic E-state index is 0.148. The minimum atomic E-state index is -6.01. The molecule has 0 amide bonds. The average Bonchev–Trinajstić information content (AvgIpc) is 2.33. The molecular formula is C14H14F10. The van der Waals surface area contributed by atoms with Gasteiger partial charge in [-0.05, 0) is 27.7 Å². The highest BCUT2D eigenvalue weighted by Gasteiger charge is 2.72. The van der Waals surface area contributed by atoms with E-state index in [0.717, 1.165) is 0 Å². The summed E-state index contributed by atoms with van der Waals surface area (Å²) in [5, 5.41) is 0. The zero-order valence-electron chi connectivity index (χ0n) is 12.9.